The summed E-state index contributed by atoms with van der Waals surface area (Å²) in [5.74, 6) is 0. The molecule has 0 spiro atoms. The maximum absolute atomic E-state index is 8.93. The molecule has 0 heterocycles. The lowest BCUT2D eigenvalue weighted by molar-refractivity contribution is 0.0344. The third-order valence-corrected chi connectivity index (χ3v) is 2.59. The van der Waals surface area contributed by atoms with E-state index < -0.39 is 0 Å². The van der Waals surface area contributed by atoms with Crippen LogP contribution in [0.15, 0.2) is 18.2 Å². The molecular weight excluding hydrogens is 224 g/mol. The fourth-order valence-corrected chi connectivity index (χ4v) is 1.31. The quantitative estimate of drug-likeness (QED) is 0.877. The summed E-state index contributed by atoms with van der Waals surface area (Å²) >= 11 is 5.88. The number of nitrogens with zero attached hydrogens (tertiary/aromatic N) is 1. The number of anilines is 1. The predicted octanol–water partition coefficient (Wildman–Crippen LogP) is 3.05. The Morgan fingerprint density at radius 1 is 1.50 bits per heavy atom. The Bertz CT molecular complexity index is 410. The summed E-state index contributed by atoms with van der Waals surface area (Å²) in [6.45, 7) is 4.55. The molecule has 1 rings (SSSR count). The minimum Gasteiger partial charge on any atom is -0.381 e. The molecule has 0 aromatic heterocycles. The molecule has 16 heavy (non-hydrogen) atoms. The van der Waals surface area contributed by atoms with Gasteiger partial charge in [0.15, 0.2) is 0 Å². The van der Waals surface area contributed by atoms with E-state index in [1.807, 2.05) is 13.8 Å². The van der Waals surface area contributed by atoms with Gasteiger partial charge in [-0.15, -0.1) is 0 Å². The van der Waals surface area contributed by atoms with Crippen LogP contribution < -0.4 is 5.32 Å². The van der Waals surface area contributed by atoms with Crippen molar-refractivity contribution < 1.29 is 4.74 Å². The van der Waals surface area contributed by atoms with E-state index in [1.165, 1.54) is 0 Å². The maximum atomic E-state index is 8.93. The van der Waals surface area contributed by atoms with Crippen LogP contribution in [-0.4, -0.2) is 19.3 Å². The lowest BCUT2D eigenvalue weighted by Crippen LogP contribution is -2.32. The van der Waals surface area contributed by atoms with Crippen LogP contribution in [0.1, 0.15) is 19.4 Å². The summed E-state index contributed by atoms with van der Waals surface area (Å²) < 4.78 is 5.28. The van der Waals surface area contributed by atoms with Crippen LogP contribution in [0.4, 0.5) is 5.69 Å². The highest BCUT2D eigenvalue weighted by molar-refractivity contribution is 6.30. The summed E-state index contributed by atoms with van der Waals surface area (Å²) in [5, 5.41) is 12.7. The van der Waals surface area contributed by atoms with Crippen LogP contribution >= 0.6 is 11.6 Å². The molecule has 1 N–H and O–H groups in total. The van der Waals surface area contributed by atoms with Crippen LogP contribution in [0.3, 0.4) is 0 Å². The topological polar surface area (TPSA) is 45.0 Å². The van der Waals surface area contributed by atoms with Gasteiger partial charge in [-0.25, -0.2) is 0 Å². The molecule has 4 heteroatoms. The Hall–Kier alpha value is -1.24. The van der Waals surface area contributed by atoms with Crippen LogP contribution in [0.2, 0.25) is 5.02 Å². The van der Waals surface area contributed by atoms with E-state index in [9.17, 15) is 0 Å². The molecule has 3 nitrogen and oxygen atoms in total. The second-order valence-corrected chi connectivity index (χ2v) is 4.56. The number of hydrogen-bond donors (Lipinski definition) is 1. The van der Waals surface area contributed by atoms with Gasteiger partial charge in [-0.3, -0.25) is 0 Å². The number of rotatable bonds is 4. The molecule has 0 amide bonds. The number of nitrogens with one attached hydrogen (secondary N) is 1. The van der Waals surface area contributed by atoms with Gasteiger partial charge in [0, 0.05) is 18.7 Å². The zero-order valence-electron chi connectivity index (χ0n) is 9.67. The van der Waals surface area contributed by atoms with Crippen molar-refractivity contribution >= 4 is 17.3 Å². The standard InChI is InChI=1S/C12H15ClN2O/c1-12(2,16-3)8-15-11-6-10(13)5-4-9(11)7-14/h4-6,15H,8H2,1-3H3. The zero-order valence-corrected chi connectivity index (χ0v) is 10.4. The van der Waals surface area contributed by atoms with Crippen molar-refractivity contribution in [2.45, 2.75) is 19.4 Å². The summed E-state index contributed by atoms with van der Waals surface area (Å²) in [6.07, 6.45) is 0. The van der Waals surface area contributed by atoms with Crippen molar-refractivity contribution in [2.24, 2.45) is 0 Å². The van der Waals surface area contributed by atoms with Gasteiger partial charge in [-0.1, -0.05) is 11.6 Å². The molecule has 0 radical (unpaired) electrons. The summed E-state index contributed by atoms with van der Waals surface area (Å²) in [6, 6.07) is 7.26. The summed E-state index contributed by atoms with van der Waals surface area (Å²) in [7, 11) is 1.66. The molecule has 0 atom stereocenters. The fraction of sp³-hybridized carbons (Fsp3) is 0.417. The van der Waals surface area contributed by atoms with E-state index >= 15 is 0 Å². The van der Waals surface area contributed by atoms with Gasteiger partial charge in [0.2, 0.25) is 0 Å². The van der Waals surface area contributed by atoms with Crippen molar-refractivity contribution in [3.63, 3.8) is 0 Å². The summed E-state index contributed by atoms with van der Waals surface area (Å²) in [5.41, 5.74) is 1.03. The maximum Gasteiger partial charge on any atom is 0.101 e. The lowest BCUT2D eigenvalue weighted by Gasteiger charge is -2.24. The normalized spacial score (nSPS) is 10.9. The highest BCUT2D eigenvalue weighted by Crippen LogP contribution is 2.21. The molecule has 0 aliphatic carbocycles. The molecule has 0 saturated heterocycles. The number of halogens is 1. The largest absolute Gasteiger partial charge is 0.381 e. The molecule has 0 aliphatic heterocycles. The molecule has 1 aromatic carbocycles. The van der Waals surface area contributed by atoms with E-state index in [0.29, 0.717) is 17.1 Å². The molecule has 0 saturated carbocycles. The van der Waals surface area contributed by atoms with Crippen molar-refractivity contribution in [1.82, 2.24) is 0 Å². The predicted molar refractivity (Wildman–Crippen MR) is 65.7 cm³/mol. The van der Waals surface area contributed by atoms with Gasteiger partial charge < -0.3 is 10.1 Å². The number of nitriles is 1. The SMILES string of the molecule is COC(C)(C)CNc1cc(Cl)ccc1C#N. The van der Waals surface area contributed by atoms with E-state index in [0.717, 1.165) is 5.69 Å². The van der Waals surface area contributed by atoms with Crippen molar-refractivity contribution in [3.05, 3.63) is 28.8 Å². The van der Waals surface area contributed by atoms with Gasteiger partial charge >= 0.3 is 0 Å². The van der Waals surface area contributed by atoms with Crippen molar-refractivity contribution in [1.29, 1.82) is 5.26 Å². The second-order valence-electron chi connectivity index (χ2n) is 4.12. The smallest absolute Gasteiger partial charge is 0.101 e. The Balaban J connectivity index is 2.81. The van der Waals surface area contributed by atoms with Gasteiger partial charge in [0.1, 0.15) is 6.07 Å². The van der Waals surface area contributed by atoms with Gasteiger partial charge in [0.25, 0.3) is 0 Å². The minimum absolute atomic E-state index is 0.283. The number of benzene rings is 1. The van der Waals surface area contributed by atoms with Crippen LogP contribution in [0.5, 0.6) is 0 Å². The van der Waals surface area contributed by atoms with Crippen LogP contribution in [0, 0.1) is 11.3 Å². The van der Waals surface area contributed by atoms with Crippen LogP contribution in [-0.2, 0) is 4.74 Å². The third-order valence-electron chi connectivity index (χ3n) is 2.36. The first kappa shape index (κ1) is 12.8. The number of methoxy groups -OCH3 is 1. The molecule has 0 aliphatic rings. The fourth-order valence-electron chi connectivity index (χ4n) is 1.14. The lowest BCUT2D eigenvalue weighted by atomic mass is 10.1. The highest BCUT2D eigenvalue weighted by Gasteiger charge is 2.16. The first-order valence-electron chi connectivity index (χ1n) is 4.97. The van der Waals surface area contributed by atoms with E-state index in [-0.39, 0.29) is 5.60 Å². The van der Waals surface area contributed by atoms with Gasteiger partial charge in [0.05, 0.1) is 16.9 Å². The molecule has 0 unspecified atom stereocenters. The molecular formula is C12H15ClN2O. The Morgan fingerprint density at radius 2 is 2.19 bits per heavy atom. The first-order valence-corrected chi connectivity index (χ1v) is 5.35. The average molecular weight is 239 g/mol. The van der Waals surface area contributed by atoms with E-state index in [2.05, 4.69) is 11.4 Å². The number of hydrogen-bond acceptors (Lipinski definition) is 3. The Morgan fingerprint density at radius 3 is 2.75 bits per heavy atom. The first-order chi connectivity index (χ1) is 7.48. The summed E-state index contributed by atoms with van der Waals surface area (Å²) in [4.78, 5) is 0. The van der Waals surface area contributed by atoms with Crippen molar-refractivity contribution in [2.75, 3.05) is 19.0 Å². The number of ether oxygens (including phenoxy) is 1. The van der Waals surface area contributed by atoms with Crippen LogP contribution in [0.25, 0.3) is 0 Å². The molecule has 1 aromatic rings. The van der Waals surface area contributed by atoms with Crippen molar-refractivity contribution in [3.8, 4) is 6.07 Å². The Labute approximate surface area is 101 Å². The zero-order chi connectivity index (χ0) is 12.2. The monoisotopic (exact) mass is 238 g/mol. The molecule has 0 fully saturated rings. The third kappa shape index (κ3) is 3.41. The molecule has 0 bridgehead atoms. The highest BCUT2D eigenvalue weighted by atomic mass is 35.5. The minimum atomic E-state index is -0.283. The second kappa shape index (κ2) is 5.20. The van der Waals surface area contributed by atoms with Gasteiger partial charge in [-0.2, -0.15) is 5.26 Å². The van der Waals surface area contributed by atoms with E-state index in [1.54, 1.807) is 25.3 Å². The Kier molecular flexibility index (Phi) is 4.17. The average Bonchev–Trinajstić information content (AvgIpc) is 2.27. The van der Waals surface area contributed by atoms with Gasteiger partial charge in [-0.05, 0) is 32.0 Å². The van der Waals surface area contributed by atoms with E-state index in [4.69, 9.17) is 21.6 Å². The molecule has 86 valence electrons.